The maximum absolute atomic E-state index is 10.9. The molecule has 0 aromatic carbocycles. The highest BCUT2D eigenvalue weighted by atomic mass is 32.3. The van der Waals surface area contributed by atoms with Crippen molar-refractivity contribution >= 4 is 21.5 Å². The molecule has 0 atom stereocenters. The van der Waals surface area contributed by atoms with Gasteiger partial charge in [0.1, 0.15) is 4.21 Å². The second-order valence-corrected chi connectivity index (χ2v) is 6.02. The Balaban J connectivity index is 2.41. The summed E-state index contributed by atoms with van der Waals surface area (Å²) in [4.78, 5) is 1.07. The Morgan fingerprint density at radius 1 is 1.36 bits per heavy atom. The van der Waals surface area contributed by atoms with Crippen LogP contribution in [0.5, 0.6) is 0 Å². The SMILES string of the molecule is O=S(=O)(O)c1cc2c(s1)CCNCC2. The van der Waals surface area contributed by atoms with Gasteiger partial charge in [0.15, 0.2) is 0 Å². The van der Waals surface area contributed by atoms with E-state index < -0.39 is 10.1 Å². The van der Waals surface area contributed by atoms with Gasteiger partial charge in [-0.25, -0.2) is 0 Å². The molecule has 0 saturated heterocycles. The second kappa shape index (κ2) is 3.62. The Labute approximate surface area is 86.7 Å². The molecule has 0 fully saturated rings. The fourth-order valence-corrected chi connectivity index (χ4v) is 3.49. The van der Waals surface area contributed by atoms with Crippen molar-refractivity contribution in [3.63, 3.8) is 0 Å². The first-order valence-electron chi connectivity index (χ1n) is 4.37. The lowest BCUT2D eigenvalue weighted by atomic mass is 10.2. The monoisotopic (exact) mass is 233 g/mol. The first kappa shape index (κ1) is 10.1. The first-order valence-corrected chi connectivity index (χ1v) is 6.63. The maximum Gasteiger partial charge on any atom is 0.304 e. The summed E-state index contributed by atoms with van der Waals surface area (Å²) in [5, 5.41) is 3.23. The largest absolute Gasteiger partial charge is 0.316 e. The molecule has 1 aliphatic heterocycles. The average molecular weight is 233 g/mol. The molecule has 2 N–H and O–H groups in total. The second-order valence-electron chi connectivity index (χ2n) is 3.24. The molecular weight excluding hydrogens is 222 g/mol. The third-order valence-electron chi connectivity index (χ3n) is 2.23. The van der Waals surface area contributed by atoms with Crippen LogP contribution in [0.15, 0.2) is 10.3 Å². The molecule has 0 amide bonds. The molecule has 4 nitrogen and oxygen atoms in total. The fourth-order valence-electron chi connectivity index (χ4n) is 1.54. The highest BCUT2D eigenvalue weighted by Gasteiger charge is 2.18. The average Bonchev–Trinajstić information content (AvgIpc) is 2.38. The number of thiophene rings is 1. The summed E-state index contributed by atoms with van der Waals surface area (Å²) in [6.45, 7) is 1.74. The van der Waals surface area contributed by atoms with E-state index >= 15 is 0 Å². The van der Waals surface area contributed by atoms with Crippen LogP contribution in [0.4, 0.5) is 0 Å². The van der Waals surface area contributed by atoms with Crippen LogP contribution in [0.1, 0.15) is 10.4 Å². The van der Waals surface area contributed by atoms with Gasteiger partial charge in [0.2, 0.25) is 0 Å². The lowest BCUT2D eigenvalue weighted by molar-refractivity contribution is 0.485. The molecule has 1 aromatic heterocycles. The quantitative estimate of drug-likeness (QED) is 0.700. The van der Waals surface area contributed by atoms with Gasteiger partial charge in [-0.05, 0) is 37.6 Å². The molecule has 14 heavy (non-hydrogen) atoms. The molecular formula is C8H11NO3S2. The van der Waals surface area contributed by atoms with E-state index in [1.807, 2.05) is 0 Å². The van der Waals surface area contributed by atoms with Crippen LogP contribution in [0.25, 0.3) is 0 Å². The van der Waals surface area contributed by atoms with Crippen LogP contribution in [0.3, 0.4) is 0 Å². The molecule has 0 spiro atoms. The van der Waals surface area contributed by atoms with Crippen molar-refractivity contribution in [1.29, 1.82) is 0 Å². The van der Waals surface area contributed by atoms with E-state index in [1.54, 1.807) is 6.07 Å². The van der Waals surface area contributed by atoms with Gasteiger partial charge in [-0.1, -0.05) is 0 Å². The highest BCUT2D eigenvalue weighted by molar-refractivity contribution is 7.88. The normalized spacial score (nSPS) is 17.5. The molecule has 0 aliphatic carbocycles. The van der Waals surface area contributed by atoms with Crippen LogP contribution in [0.2, 0.25) is 0 Å². The van der Waals surface area contributed by atoms with Crippen molar-refractivity contribution in [2.45, 2.75) is 17.1 Å². The van der Waals surface area contributed by atoms with Crippen molar-refractivity contribution in [2.75, 3.05) is 13.1 Å². The van der Waals surface area contributed by atoms with Crippen LogP contribution in [0, 0.1) is 0 Å². The van der Waals surface area contributed by atoms with Crippen LogP contribution < -0.4 is 5.32 Å². The van der Waals surface area contributed by atoms with Crippen molar-refractivity contribution < 1.29 is 13.0 Å². The molecule has 0 radical (unpaired) electrons. The third kappa shape index (κ3) is 1.98. The number of fused-ring (bicyclic) bond motifs is 1. The summed E-state index contributed by atoms with van der Waals surface area (Å²) in [5.74, 6) is 0. The van der Waals surface area contributed by atoms with E-state index in [0.29, 0.717) is 0 Å². The molecule has 0 bridgehead atoms. The molecule has 78 valence electrons. The summed E-state index contributed by atoms with van der Waals surface area (Å²) in [6, 6.07) is 1.59. The summed E-state index contributed by atoms with van der Waals surface area (Å²) < 4.78 is 30.7. The highest BCUT2D eigenvalue weighted by Crippen LogP contribution is 2.27. The van der Waals surface area contributed by atoms with E-state index in [0.717, 1.165) is 36.4 Å². The molecule has 1 aliphatic rings. The minimum atomic E-state index is -4.01. The van der Waals surface area contributed by atoms with Crippen molar-refractivity contribution in [1.82, 2.24) is 5.32 Å². The minimum Gasteiger partial charge on any atom is -0.316 e. The standard InChI is InChI=1S/C8H11NO3S2/c10-14(11,12)8-5-6-1-3-9-4-2-7(6)13-8/h5,9H,1-4H2,(H,10,11,12). The maximum atomic E-state index is 10.9. The number of hydrogen-bond donors (Lipinski definition) is 2. The molecule has 1 aromatic rings. The van der Waals surface area contributed by atoms with E-state index in [2.05, 4.69) is 5.32 Å². The summed E-state index contributed by atoms with van der Waals surface area (Å²) in [5.41, 5.74) is 1.05. The van der Waals surface area contributed by atoms with Gasteiger partial charge in [0.25, 0.3) is 0 Å². The summed E-state index contributed by atoms with van der Waals surface area (Å²) in [6.07, 6.45) is 1.68. The van der Waals surface area contributed by atoms with Gasteiger partial charge in [-0.3, -0.25) is 4.55 Å². The van der Waals surface area contributed by atoms with E-state index in [9.17, 15) is 8.42 Å². The zero-order valence-corrected chi connectivity index (χ0v) is 9.12. The van der Waals surface area contributed by atoms with Crippen LogP contribution in [-0.4, -0.2) is 26.1 Å². The lowest BCUT2D eigenvalue weighted by Crippen LogP contribution is -2.16. The summed E-state index contributed by atoms with van der Waals surface area (Å²) in [7, 11) is -4.01. The molecule has 0 saturated carbocycles. The van der Waals surface area contributed by atoms with E-state index in [4.69, 9.17) is 4.55 Å². The first-order chi connectivity index (χ1) is 6.57. The molecule has 6 heteroatoms. The van der Waals surface area contributed by atoms with Gasteiger partial charge < -0.3 is 5.32 Å². The Hall–Kier alpha value is -0.430. The zero-order valence-electron chi connectivity index (χ0n) is 7.49. The zero-order chi connectivity index (χ0) is 10.2. The summed E-state index contributed by atoms with van der Waals surface area (Å²) >= 11 is 1.18. The van der Waals surface area contributed by atoms with Gasteiger partial charge >= 0.3 is 10.1 Å². The Morgan fingerprint density at radius 2 is 2.07 bits per heavy atom. The Morgan fingerprint density at radius 3 is 2.79 bits per heavy atom. The van der Waals surface area contributed by atoms with Gasteiger partial charge in [-0.15, -0.1) is 11.3 Å². The molecule has 2 rings (SSSR count). The smallest absolute Gasteiger partial charge is 0.304 e. The Kier molecular flexibility index (Phi) is 2.61. The number of rotatable bonds is 1. The predicted octanol–water partition coefficient (Wildman–Crippen LogP) is 0.683. The van der Waals surface area contributed by atoms with Gasteiger partial charge in [0, 0.05) is 4.88 Å². The van der Waals surface area contributed by atoms with E-state index in [1.165, 1.54) is 11.3 Å². The topological polar surface area (TPSA) is 66.4 Å². The fraction of sp³-hybridized carbons (Fsp3) is 0.500. The third-order valence-corrected chi connectivity index (χ3v) is 4.77. The molecule has 0 unspecified atom stereocenters. The lowest BCUT2D eigenvalue weighted by Gasteiger charge is -1.95. The minimum absolute atomic E-state index is 0.0735. The van der Waals surface area contributed by atoms with Crippen molar-refractivity contribution in [2.24, 2.45) is 0 Å². The van der Waals surface area contributed by atoms with Gasteiger partial charge in [0.05, 0.1) is 0 Å². The van der Waals surface area contributed by atoms with E-state index in [-0.39, 0.29) is 4.21 Å². The van der Waals surface area contributed by atoms with Crippen LogP contribution >= 0.6 is 11.3 Å². The Bertz CT molecular complexity index is 412. The molecule has 2 heterocycles. The van der Waals surface area contributed by atoms with Crippen molar-refractivity contribution in [3.8, 4) is 0 Å². The van der Waals surface area contributed by atoms with Gasteiger partial charge in [-0.2, -0.15) is 8.42 Å². The number of nitrogens with one attached hydrogen (secondary N) is 1. The van der Waals surface area contributed by atoms with Crippen LogP contribution in [-0.2, 0) is 23.0 Å². The predicted molar refractivity (Wildman–Crippen MR) is 54.4 cm³/mol. The van der Waals surface area contributed by atoms with Crippen molar-refractivity contribution in [3.05, 3.63) is 16.5 Å². The number of hydrogen-bond acceptors (Lipinski definition) is 4.